The molecule has 0 fully saturated rings. The van der Waals surface area contributed by atoms with E-state index in [0.717, 1.165) is 26.2 Å². The van der Waals surface area contributed by atoms with Gasteiger partial charge in [0, 0.05) is 13.1 Å². The molecule has 0 atom stereocenters. The molecule has 0 radical (unpaired) electrons. The van der Waals surface area contributed by atoms with E-state index >= 15 is 0 Å². The van der Waals surface area contributed by atoms with Gasteiger partial charge in [0.05, 0.1) is 13.2 Å². The Labute approximate surface area is 87.7 Å². The average Bonchev–Trinajstić information content (AvgIpc) is 2.22. The molecule has 0 bridgehead atoms. The second kappa shape index (κ2) is 18.6. The Kier molecular flexibility index (Phi) is 21.6. The topological polar surface area (TPSA) is 64.5 Å². The van der Waals surface area contributed by atoms with Gasteiger partial charge in [0.2, 0.25) is 0 Å². The van der Waals surface area contributed by atoms with Gasteiger partial charge < -0.3 is 20.8 Å². The van der Waals surface area contributed by atoms with Crippen molar-refractivity contribution in [2.45, 2.75) is 26.7 Å². The SMILES string of the molecule is CCCCNCCO.CCNCCO. The molecule has 14 heavy (non-hydrogen) atoms. The van der Waals surface area contributed by atoms with Gasteiger partial charge in [-0.1, -0.05) is 20.3 Å². The Hall–Kier alpha value is -0.160. The fourth-order valence-electron chi connectivity index (χ4n) is 0.762. The third-order valence-corrected chi connectivity index (χ3v) is 1.53. The lowest BCUT2D eigenvalue weighted by molar-refractivity contribution is 0.292. The largest absolute Gasteiger partial charge is 0.395 e. The van der Waals surface area contributed by atoms with Crippen molar-refractivity contribution in [1.29, 1.82) is 0 Å². The van der Waals surface area contributed by atoms with E-state index in [2.05, 4.69) is 17.6 Å². The van der Waals surface area contributed by atoms with Crippen LogP contribution in [0.3, 0.4) is 0 Å². The van der Waals surface area contributed by atoms with Gasteiger partial charge in [-0.2, -0.15) is 0 Å². The quantitative estimate of drug-likeness (QED) is 0.421. The van der Waals surface area contributed by atoms with Gasteiger partial charge in [0.1, 0.15) is 0 Å². The highest BCUT2D eigenvalue weighted by molar-refractivity contribution is 4.43. The second-order valence-electron chi connectivity index (χ2n) is 2.90. The van der Waals surface area contributed by atoms with E-state index in [4.69, 9.17) is 10.2 Å². The lowest BCUT2D eigenvalue weighted by atomic mass is 10.3. The summed E-state index contributed by atoms with van der Waals surface area (Å²) in [6.45, 7) is 8.10. The Bertz CT molecular complexity index is 72.5. The second-order valence-corrected chi connectivity index (χ2v) is 2.90. The summed E-state index contributed by atoms with van der Waals surface area (Å²) >= 11 is 0. The van der Waals surface area contributed by atoms with Crippen molar-refractivity contribution in [2.24, 2.45) is 0 Å². The van der Waals surface area contributed by atoms with Crippen LogP contribution in [-0.2, 0) is 0 Å². The van der Waals surface area contributed by atoms with Gasteiger partial charge in [0.15, 0.2) is 0 Å². The molecule has 0 unspecified atom stereocenters. The van der Waals surface area contributed by atoms with Crippen LogP contribution in [0.1, 0.15) is 26.7 Å². The van der Waals surface area contributed by atoms with Crippen molar-refractivity contribution in [2.75, 3.05) is 39.4 Å². The van der Waals surface area contributed by atoms with Gasteiger partial charge in [-0.3, -0.25) is 0 Å². The number of hydrogen-bond acceptors (Lipinski definition) is 4. The predicted molar refractivity (Wildman–Crippen MR) is 60.5 cm³/mol. The summed E-state index contributed by atoms with van der Waals surface area (Å²) in [4.78, 5) is 0. The van der Waals surface area contributed by atoms with Gasteiger partial charge in [-0.05, 0) is 19.5 Å². The first kappa shape index (κ1) is 16.3. The third-order valence-electron chi connectivity index (χ3n) is 1.53. The predicted octanol–water partition coefficient (Wildman–Crippen LogP) is -0.0434. The summed E-state index contributed by atoms with van der Waals surface area (Å²) in [5.74, 6) is 0. The van der Waals surface area contributed by atoms with E-state index in [1.165, 1.54) is 12.8 Å². The van der Waals surface area contributed by atoms with Crippen molar-refractivity contribution in [3.8, 4) is 0 Å². The van der Waals surface area contributed by atoms with E-state index in [9.17, 15) is 0 Å². The highest BCUT2D eigenvalue weighted by Crippen LogP contribution is 1.80. The zero-order valence-electron chi connectivity index (χ0n) is 9.55. The van der Waals surface area contributed by atoms with E-state index in [-0.39, 0.29) is 13.2 Å². The Balaban J connectivity index is 0. The van der Waals surface area contributed by atoms with Crippen LogP contribution in [0.5, 0.6) is 0 Å². The standard InChI is InChI=1S/C6H15NO.C4H11NO/c1-2-3-4-7-5-6-8;1-2-5-3-4-6/h7-8H,2-6H2,1H3;5-6H,2-4H2,1H3. The number of hydrogen-bond donors (Lipinski definition) is 4. The number of likely N-dealkylation sites (N-methyl/N-ethyl adjacent to an activating group) is 1. The van der Waals surface area contributed by atoms with Crippen LogP contribution in [0.2, 0.25) is 0 Å². The monoisotopic (exact) mass is 206 g/mol. The highest BCUT2D eigenvalue weighted by atomic mass is 16.3. The minimum atomic E-state index is 0.244. The first-order valence-corrected chi connectivity index (χ1v) is 5.46. The van der Waals surface area contributed by atoms with E-state index in [1.807, 2.05) is 6.92 Å². The van der Waals surface area contributed by atoms with Crippen molar-refractivity contribution < 1.29 is 10.2 Å². The summed E-state index contributed by atoms with van der Waals surface area (Å²) in [6.07, 6.45) is 2.43. The van der Waals surface area contributed by atoms with Crippen molar-refractivity contribution >= 4 is 0 Å². The molecule has 4 nitrogen and oxygen atoms in total. The Morgan fingerprint density at radius 2 is 1.43 bits per heavy atom. The number of aliphatic hydroxyl groups is 2. The first-order valence-electron chi connectivity index (χ1n) is 5.46. The summed E-state index contributed by atoms with van der Waals surface area (Å²) < 4.78 is 0. The molecule has 0 aromatic rings. The highest BCUT2D eigenvalue weighted by Gasteiger charge is 1.81. The molecule has 0 heterocycles. The number of aliphatic hydroxyl groups excluding tert-OH is 2. The van der Waals surface area contributed by atoms with E-state index in [1.54, 1.807) is 0 Å². The Morgan fingerprint density at radius 1 is 0.857 bits per heavy atom. The molecule has 0 saturated carbocycles. The summed E-state index contributed by atoms with van der Waals surface area (Å²) in [5.41, 5.74) is 0. The molecule has 0 amide bonds. The summed E-state index contributed by atoms with van der Waals surface area (Å²) in [5, 5.41) is 22.5. The summed E-state index contributed by atoms with van der Waals surface area (Å²) in [6, 6.07) is 0. The fourth-order valence-corrected chi connectivity index (χ4v) is 0.762. The first-order chi connectivity index (χ1) is 6.83. The van der Waals surface area contributed by atoms with Crippen molar-refractivity contribution in [3.63, 3.8) is 0 Å². The maximum absolute atomic E-state index is 8.30. The molecule has 0 aromatic heterocycles. The maximum Gasteiger partial charge on any atom is 0.0555 e. The molecular weight excluding hydrogens is 180 g/mol. The average molecular weight is 206 g/mol. The van der Waals surface area contributed by atoms with Crippen LogP contribution < -0.4 is 10.6 Å². The molecule has 0 spiro atoms. The molecule has 0 aromatic carbocycles. The lowest BCUT2D eigenvalue weighted by Crippen LogP contribution is -2.18. The Morgan fingerprint density at radius 3 is 1.79 bits per heavy atom. The summed E-state index contributed by atoms with van der Waals surface area (Å²) in [7, 11) is 0. The molecule has 0 rings (SSSR count). The number of rotatable bonds is 8. The van der Waals surface area contributed by atoms with Crippen molar-refractivity contribution in [3.05, 3.63) is 0 Å². The molecular formula is C10H26N2O2. The minimum Gasteiger partial charge on any atom is -0.395 e. The number of unbranched alkanes of at least 4 members (excludes halogenated alkanes) is 1. The van der Waals surface area contributed by atoms with Gasteiger partial charge in [0.25, 0.3) is 0 Å². The number of nitrogens with one attached hydrogen (secondary N) is 2. The van der Waals surface area contributed by atoms with Gasteiger partial charge in [-0.15, -0.1) is 0 Å². The van der Waals surface area contributed by atoms with Gasteiger partial charge in [-0.25, -0.2) is 0 Å². The fraction of sp³-hybridized carbons (Fsp3) is 1.00. The van der Waals surface area contributed by atoms with Crippen molar-refractivity contribution in [1.82, 2.24) is 10.6 Å². The van der Waals surface area contributed by atoms with Crippen LogP contribution in [0.15, 0.2) is 0 Å². The van der Waals surface area contributed by atoms with E-state index < -0.39 is 0 Å². The molecule has 4 heteroatoms. The molecule has 4 N–H and O–H groups in total. The zero-order valence-corrected chi connectivity index (χ0v) is 9.55. The minimum absolute atomic E-state index is 0.244. The molecule has 0 aliphatic carbocycles. The third kappa shape index (κ3) is 22.6. The molecule has 0 aliphatic rings. The molecule has 88 valence electrons. The van der Waals surface area contributed by atoms with Crippen LogP contribution in [0, 0.1) is 0 Å². The smallest absolute Gasteiger partial charge is 0.0555 e. The lowest BCUT2D eigenvalue weighted by Gasteiger charge is -1.97. The van der Waals surface area contributed by atoms with E-state index in [0.29, 0.717) is 0 Å². The molecule has 0 aliphatic heterocycles. The maximum atomic E-state index is 8.30. The molecule has 0 saturated heterocycles. The van der Waals surface area contributed by atoms with Gasteiger partial charge >= 0.3 is 0 Å². The van der Waals surface area contributed by atoms with Crippen LogP contribution in [-0.4, -0.2) is 49.6 Å². The van der Waals surface area contributed by atoms with Crippen LogP contribution >= 0.6 is 0 Å². The van der Waals surface area contributed by atoms with Crippen LogP contribution in [0.25, 0.3) is 0 Å². The zero-order chi connectivity index (χ0) is 11.1. The van der Waals surface area contributed by atoms with Crippen LogP contribution in [0.4, 0.5) is 0 Å². The normalized spacial score (nSPS) is 9.43.